The van der Waals surface area contributed by atoms with Crippen LogP contribution in [0.2, 0.25) is 0 Å². The zero-order valence-corrected chi connectivity index (χ0v) is 11.0. The number of thioether (sulfide) groups is 1. The quantitative estimate of drug-likeness (QED) is 0.636. The summed E-state index contributed by atoms with van der Waals surface area (Å²) in [5.41, 5.74) is 10.1. The van der Waals surface area contributed by atoms with E-state index in [1.54, 1.807) is 6.92 Å². The molecule has 0 spiro atoms. The van der Waals surface area contributed by atoms with E-state index in [1.807, 2.05) is 0 Å². The molecule has 2 atom stereocenters. The highest BCUT2D eigenvalue weighted by Crippen LogP contribution is 2.31. The van der Waals surface area contributed by atoms with Gasteiger partial charge < -0.3 is 21.3 Å². The molecule has 9 heteroatoms. The molecule has 0 saturated carbocycles. The lowest BCUT2D eigenvalue weighted by molar-refractivity contribution is -0.00742. The largest absolute Gasteiger partial charge is 0.393 e. The third-order valence-electron chi connectivity index (χ3n) is 2.82. The maximum atomic E-state index is 11.9. The van der Waals surface area contributed by atoms with Gasteiger partial charge in [-0.05, 0) is 6.92 Å². The fraction of sp³-hybridized carbons (Fsp3) is 0.500. The van der Waals surface area contributed by atoms with Crippen molar-refractivity contribution in [2.75, 3.05) is 18.1 Å². The summed E-state index contributed by atoms with van der Waals surface area (Å²) in [6.45, 7) is 1.40. The normalized spacial score (nSPS) is 22.6. The van der Waals surface area contributed by atoms with Crippen molar-refractivity contribution >= 4 is 23.5 Å². The summed E-state index contributed by atoms with van der Waals surface area (Å²) in [5, 5.41) is 9.01. The van der Waals surface area contributed by atoms with Crippen molar-refractivity contribution in [1.29, 1.82) is 0 Å². The highest BCUT2D eigenvalue weighted by atomic mass is 32.2. The monoisotopic (exact) mass is 286 g/mol. The number of rotatable bonds is 3. The molecule has 0 aliphatic carbocycles. The Bertz CT molecular complexity index is 573. The second kappa shape index (κ2) is 5.19. The Labute approximate surface area is 112 Å². The summed E-state index contributed by atoms with van der Waals surface area (Å²) in [6.07, 6.45) is -0.596. The molecule has 1 aromatic rings. The van der Waals surface area contributed by atoms with Crippen LogP contribution in [0.3, 0.4) is 0 Å². The zero-order chi connectivity index (χ0) is 14.2. The lowest BCUT2D eigenvalue weighted by Gasteiger charge is -2.18. The predicted molar refractivity (Wildman–Crippen MR) is 69.6 cm³/mol. The first-order valence-electron chi connectivity index (χ1n) is 5.52. The van der Waals surface area contributed by atoms with Gasteiger partial charge >= 0.3 is 5.69 Å². The molecule has 1 aliphatic heterocycles. The van der Waals surface area contributed by atoms with Crippen molar-refractivity contribution in [2.24, 2.45) is 5.73 Å². The van der Waals surface area contributed by atoms with Gasteiger partial charge in [0.15, 0.2) is 0 Å². The number of aliphatic hydroxyl groups is 1. The molecule has 1 saturated heterocycles. The van der Waals surface area contributed by atoms with Gasteiger partial charge in [0.1, 0.15) is 23.0 Å². The van der Waals surface area contributed by atoms with Crippen LogP contribution in [0.25, 0.3) is 0 Å². The Morgan fingerprint density at radius 3 is 2.89 bits per heavy atom. The molecular weight excluding hydrogens is 272 g/mol. The molecule has 1 amide bonds. The van der Waals surface area contributed by atoms with E-state index in [2.05, 4.69) is 4.98 Å². The van der Waals surface area contributed by atoms with Gasteiger partial charge in [-0.2, -0.15) is 4.98 Å². The van der Waals surface area contributed by atoms with E-state index >= 15 is 0 Å². The van der Waals surface area contributed by atoms with Crippen LogP contribution in [0.15, 0.2) is 4.79 Å². The molecule has 0 radical (unpaired) electrons. The van der Waals surface area contributed by atoms with Crippen LogP contribution < -0.4 is 17.2 Å². The van der Waals surface area contributed by atoms with Crippen molar-refractivity contribution in [3.05, 3.63) is 21.7 Å². The number of hydrogen-bond acceptors (Lipinski definition) is 7. The zero-order valence-electron chi connectivity index (χ0n) is 10.2. The summed E-state index contributed by atoms with van der Waals surface area (Å²) in [7, 11) is 0. The van der Waals surface area contributed by atoms with Crippen molar-refractivity contribution in [3.8, 4) is 0 Å². The molecule has 0 aromatic carbocycles. The number of aromatic nitrogens is 2. The fourth-order valence-corrected chi connectivity index (χ4v) is 2.90. The van der Waals surface area contributed by atoms with E-state index in [4.69, 9.17) is 21.3 Å². The van der Waals surface area contributed by atoms with Crippen LogP contribution in [0.1, 0.15) is 22.3 Å². The third kappa shape index (κ3) is 2.44. The maximum absolute atomic E-state index is 11.9. The van der Waals surface area contributed by atoms with Crippen molar-refractivity contribution in [1.82, 2.24) is 9.55 Å². The van der Waals surface area contributed by atoms with Crippen molar-refractivity contribution in [2.45, 2.75) is 18.6 Å². The fourth-order valence-electron chi connectivity index (χ4n) is 1.98. The number of carbonyl (C=O) groups excluding carboxylic acids is 1. The van der Waals surface area contributed by atoms with Gasteiger partial charge in [-0.25, -0.2) is 4.79 Å². The van der Waals surface area contributed by atoms with Gasteiger partial charge in [-0.1, -0.05) is 0 Å². The molecule has 1 aliphatic rings. The molecule has 2 rings (SSSR count). The highest BCUT2D eigenvalue weighted by Gasteiger charge is 2.30. The van der Waals surface area contributed by atoms with Gasteiger partial charge in [0, 0.05) is 11.4 Å². The summed E-state index contributed by atoms with van der Waals surface area (Å²) in [6, 6.07) is 0. The topological polar surface area (TPSA) is 133 Å². The van der Waals surface area contributed by atoms with Crippen molar-refractivity contribution < 1.29 is 14.6 Å². The Kier molecular flexibility index (Phi) is 3.78. The maximum Gasteiger partial charge on any atom is 0.351 e. The molecule has 0 bridgehead atoms. The number of ether oxygens (including phenoxy) is 1. The summed E-state index contributed by atoms with van der Waals surface area (Å²) in [5.74, 6) is -0.466. The van der Waals surface area contributed by atoms with Crippen LogP contribution in [0.4, 0.5) is 5.82 Å². The van der Waals surface area contributed by atoms with E-state index in [9.17, 15) is 9.59 Å². The molecule has 0 unspecified atom stereocenters. The number of nitrogens with zero attached hydrogens (tertiary/aromatic N) is 2. The number of hydrogen-bond donors (Lipinski definition) is 3. The Balaban J connectivity index is 2.49. The SMILES string of the molecule is Cc1c(C(N)=O)c(N)nc(=O)n1[C@H]1CS[C@@H](CO)O1. The average Bonchev–Trinajstić information content (AvgIpc) is 2.76. The van der Waals surface area contributed by atoms with E-state index < -0.39 is 23.3 Å². The molecule has 104 valence electrons. The van der Waals surface area contributed by atoms with Gasteiger partial charge in [-0.15, -0.1) is 11.8 Å². The van der Waals surface area contributed by atoms with E-state index in [0.717, 1.165) is 0 Å². The molecular formula is C10H14N4O4S. The minimum absolute atomic E-state index is 0.0145. The lowest BCUT2D eigenvalue weighted by Crippen LogP contribution is -2.34. The molecule has 1 aromatic heterocycles. The average molecular weight is 286 g/mol. The lowest BCUT2D eigenvalue weighted by atomic mass is 10.2. The first kappa shape index (κ1) is 13.8. The number of amides is 1. The summed E-state index contributed by atoms with van der Waals surface area (Å²) >= 11 is 1.37. The molecule has 2 heterocycles. The molecule has 8 nitrogen and oxygen atoms in total. The molecule has 19 heavy (non-hydrogen) atoms. The Morgan fingerprint density at radius 2 is 2.37 bits per heavy atom. The first-order chi connectivity index (χ1) is 8.95. The van der Waals surface area contributed by atoms with E-state index in [0.29, 0.717) is 11.4 Å². The molecule has 5 N–H and O–H groups in total. The Morgan fingerprint density at radius 1 is 1.68 bits per heavy atom. The standard InChI is InChI=1S/C10H14N4O4S/c1-4-7(9(12)16)8(11)13-10(17)14(4)5-3-19-6(2-15)18-5/h5-6,15H,2-3H2,1H3,(H2,12,16)(H2,11,13,17)/t5-,6+/m1/s1. The van der Waals surface area contributed by atoms with Crippen molar-refractivity contribution in [3.63, 3.8) is 0 Å². The van der Waals surface area contributed by atoms with Crippen LogP contribution in [-0.2, 0) is 4.74 Å². The summed E-state index contributed by atoms with van der Waals surface area (Å²) < 4.78 is 6.71. The molecule has 1 fully saturated rings. The number of primary amides is 1. The van der Waals surface area contributed by atoms with E-state index in [1.165, 1.54) is 16.3 Å². The van der Waals surface area contributed by atoms with Crippen LogP contribution >= 0.6 is 11.8 Å². The number of carbonyl (C=O) groups is 1. The smallest absolute Gasteiger partial charge is 0.351 e. The number of anilines is 1. The van der Waals surface area contributed by atoms with Crippen LogP contribution in [0, 0.1) is 6.92 Å². The second-order valence-electron chi connectivity index (χ2n) is 4.01. The van der Waals surface area contributed by atoms with Gasteiger partial charge in [0.25, 0.3) is 5.91 Å². The Hall–Kier alpha value is -1.58. The third-order valence-corrected chi connectivity index (χ3v) is 3.93. The number of nitrogens with two attached hydrogens (primary N) is 2. The minimum Gasteiger partial charge on any atom is -0.393 e. The van der Waals surface area contributed by atoms with Crippen LogP contribution in [-0.4, -0.2) is 38.4 Å². The first-order valence-corrected chi connectivity index (χ1v) is 6.57. The second-order valence-corrected chi connectivity index (χ2v) is 5.20. The predicted octanol–water partition coefficient (Wildman–Crippen LogP) is -1.19. The van der Waals surface area contributed by atoms with E-state index in [-0.39, 0.29) is 18.0 Å². The van der Waals surface area contributed by atoms with Gasteiger partial charge in [0.2, 0.25) is 0 Å². The van der Waals surface area contributed by atoms with Gasteiger partial charge in [-0.3, -0.25) is 9.36 Å². The van der Waals surface area contributed by atoms with Crippen LogP contribution in [0.5, 0.6) is 0 Å². The highest BCUT2D eigenvalue weighted by molar-refractivity contribution is 8.00. The number of aliphatic hydroxyl groups excluding tert-OH is 1. The van der Waals surface area contributed by atoms with Gasteiger partial charge in [0.05, 0.1) is 6.61 Å². The summed E-state index contributed by atoms with van der Waals surface area (Å²) in [4.78, 5) is 26.8. The minimum atomic E-state index is -0.749. The number of nitrogen functional groups attached to an aromatic ring is 1.